The zero-order chi connectivity index (χ0) is 18.4. The van der Waals surface area contributed by atoms with Crippen LogP contribution in [0.25, 0.3) is 0 Å². The van der Waals surface area contributed by atoms with E-state index in [0.29, 0.717) is 0 Å². The topological polar surface area (TPSA) is 82.0 Å². The molecule has 0 bridgehead atoms. The van der Waals surface area contributed by atoms with Crippen LogP contribution in [0.3, 0.4) is 0 Å². The molecule has 2 unspecified atom stereocenters. The maximum absolute atomic E-state index is 12.8. The van der Waals surface area contributed by atoms with Crippen molar-refractivity contribution in [1.82, 2.24) is 10.2 Å². The SMILES string of the molecule is CN(CC(F)CO)C(=O)OCc1ccccc1.CNCC(F)CO. The summed E-state index contributed by atoms with van der Waals surface area (Å²) in [5.74, 6) is 0. The van der Waals surface area contributed by atoms with Crippen LogP contribution < -0.4 is 5.32 Å². The summed E-state index contributed by atoms with van der Waals surface area (Å²) >= 11 is 0. The van der Waals surface area contributed by atoms with Gasteiger partial charge >= 0.3 is 6.09 Å². The fourth-order valence-electron chi connectivity index (χ4n) is 1.54. The molecule has 0 aliphatic rings. The summed E-state index contributed by atoms with van der Waals surface area (Å²) in [6, 6.07) is 9.22. The fraction of sp³-hybridized carbons (Fsp3) is 0.562. The minimum absolute atomic E-state index is 0.153. The maximum Gasteiger partial charge on any atom is 0.409 e. The van der Waals surface area contributed by atoms with Gasteiger partial charge in [0.15, 0.2) is 0 Å². The summed E-state index contributed by atoms with van der Waals surface area (Å²) in [6.45, 7) is -0.780. The summed E-state index contributed by atoms with van der Waals surface area (Å²) in [5, 5.41) is 19.2. The molecule has 0 aromatic heterocycles. The van der Waals surface area contributed by atoms with Gasteiger partial charge in [-0.05, 0) is 12.6 Å². The summed E-state index contributed by atoms with van der Waals surface area (Å²) in [7, 11) is 3.07. The van der Waals surface area contributed by atoms with Crippen molar-refractivity contribution < 1.29 is 28.5 Å². The van der Waals surface area contributed by atoms with Crippen LogP contribution in [-0.4, -0.2) is 73.9 Å². The Bertz CT molecular complexity index is 437. The van der Waals surface area contributed by atoms with Crippen molar-refractivity contribution in [3.8, 4) is 0 Å². The average molecular weight is 348 g/mol. The third kappa shape index (κ3) is 10.9. The van der Waals surface area contributed by atoms with Gasteiger partial charge in [-0.15, -0.1) is 0 Å². The lowest BCUT2D eigenvalue weighted by Gasteiger charge is -2.18. The van der Waals surface area contributed by atoms with E-state index in [9.17, 15) is 13.6 Å². The number of aliphatic hydroxyl groups excluding tert-OH is 2. The number of hydrogen-bond donors (Lipinski definition) is 3. The average Bonchev–Trinajstić information content (AvgIpc) is 2.61. The fourth-order valence-corrected chi connectivity index (χ4v) is 1.54. The number of aliphatic hydroxyl groups is 2. The lowest BCUT2D eigenvalue weighted by atomic mass is 10.2. The molecular formula is C16H26F2N2O4. The molecule has 3 N–H and O–H groups in total. The van der Waals surface area contributed by atoms with E-state index in [4.69, 9.17) is 14.9 Å². The van der Waals surface area contributed by atoms with Gasteiger partial charge in [0.2, 0.25) is 0 Å². The van der Waals surface area contributed by atoms with Gasteiger partial charge in [-0.25, -0.2) is 13.6 Å². The second-order valence-corrected chi connectivity index (χ2v) is 5.04. The highest BCUT2D eigenvalue weighted by molar-refractivity contribution is 5.67. The molecule has 0 fully saturated rings. The normalized spacial score (nSPS) is 12.6. The molecule has 0 saturated heterocycles. The van der Waals surface area contributed by atoms with Crippen LogP contribution in [0.1, 0.15) is 5.56 Å². The summed E-state index contributed by atoms with van der Waals surface area (Å²) in [4.78, 5) is 12.5. The molecule has 1 aromatic carbocycles. The van der Waals surface area contributed by atoms with Crippen molar-refractivity contribution >= 4 is 6.09 Å². The van der Waals surface area contributed by atoms with E-state index in [1.165, 1.54) is 7.05 Å². The first kappa shape index (κ1) is 22.2. The van der Waals surface area contributed by atoms with Crippen LogP contribution >= 0.6 is 0 Å². The Labute approximate surface area is 141 Å². The first-order valence-corrected chi connectivity index (χ1v) is 7.50. The monoisotopic (exact) mass is 348 g/mol. The number of carbonyl (C=O) groups excluding carboxylic acids is 1. The van der Waals surface area contributed by atoms with Crippen molar-refractivity contribution in [3.05, 3.63) is 35.9 Å². The predicted octanol–water partition coefficient (Wildman–Crippen LogP) is 1.12. The second kappa shape index (κ2) is 13.6. The van der Waals surface area contributed by atoms with Crippen molar-refractivity contribution in [2.24, 2.45) is 0 Å². The van der Waals surface area contributed by atoms with Crippen LogP contribution in [0.5, 0.6) is 0 Å². The smallest absolute Gasteiger partial charge is 0.409 e. The molecule has 1 rings (SSSR count). The van der Waals surface area contributed by atoms with Crippen LogP contribution in [0, 0.1) is 0 Å². The van der Waals surface area contributed by atoms with Gasteiger partial charge in [0.05, 0.1) is 19.8 Å². The number of hydrogen-bond acceptors (Lipinski definition) is 5. The Kier molecular flexibility index (Phi) is 12.6. The number of nitrogens with one attached hydrogen (secondary N) is 1. The van der Waals surface area contributed by atoms with Crippen LogP contribution in [-0.2, 0) is 11.3 Å². The van der Waals surface area contributed by atoms with E-state index in [-0.39, 0.29) is 26.3 Å². The number of rotatable bonds is 8. The quantitative estimate of drug-likeness (QED) is 0.656. The van der Waals surface area contributed by atoms with E-state index < -0.39 is 25.0 Å². The zero-order valence-corrected chi connectivity index (χ0v) is 14.0. The largest absolute Gasteiger partial charge is 0.445 e. The number of halogens is 2. The number of alkyl halides is 2. The zero-order valence-electron chi connectivity index (χ0n) is 14.0. The Balaban J connectivity index is 0.000000640. The number of benzene rings is 1. The van der Waals surface area contributed by atoms with Crippen LogP contribution in [0.2, 0.25) is 0 Å². The Hall–Kier alpha value is -1.77. The number of carbonyl (C=O) groups is 1. The van der Waals surface area contributed by atoms with Crippen molar-refractivity contribution in [2.75, 3.05) is 40.4 Å². The minimum atomic E-state index is -1.44. The minimum Gasteiger partial charge on any atom is -0.445 e. The standard InChI is InChI=1S/C12H16FNO3.C4H10FNO/c1-14(7-11(13)8-15)12(16)17-9-10-5-3-2-4-6-10;1-6-2-4(5)3-7/h2-6,11,15H,7-9H2,1H3;4,6-7H,2-3H2,1H3. The van der Waals surface area contributed by atoms with Gasteiger partial charge in [-0.1, -0.05) is 30.3 Å². The summed E-state index contributed by atoms with van der Waals surface area (Å²) in [5.41, 5.74) is 0.869. The van der Waals surface area contributed by atoms with Crippen molar-refractivity contribution in [2.45, 2.75) is 19.0 Å². The van der Waals surface area contributed by atoms with E-state index >= 15 is 0 Å². The lowest BCUT2D eigenvalue weighted by Crippen LogP contribution is -2.34. The lowest BCUT2D eigenvalue weighted by molar-refractivity contribution is 0.0854. The number of ether oxygens (including phenoxy) is 1. The highest BCUT2D eigenvalue weighted by atomic mass is 19.1. The molecule has 0 spiro atoms. The highest BCUT2D eigenvalue weighted by Gasteiger charge is 2.15. The Morgan fingerprint density at radius 2 is 1.79 bits per heavy atom. The molecule has 0 saturated carbocycles. The van der Waals surface area contributed by atoms with Gasteiger partial charge in [-0.2, -0.15) is 0 Å². The Morgan fingerprint density at radius 1 is 1.21 bits per heavy atom. The van der Waals surface area contributed by atoms with E-state index in [0.717, 1.165) is 10.5 Å². The van der Waals surface area contributed by atoms with E-state index in [2.05, 4.69) is 5.32 Å². The van der Waals surface area contributed by atoms with Gasteiger partial charge in [0.25, 0.3) is 0 Å². The van der Waals surface area contributed by atoms with Gasteiger partial charge in [0, 0.05) is 13.6 Å². The first-order valence-electron chi connectivity index (χ1n) is 7.50. The van der Waals surface area contributed by atoms with E-state index in [1.807, 2.05) is 30.3 Å². The third-order valence-corrected chi connectivity index (χ3v) is 2.81. The molecule has 8 heteroatoms. The molecule has 6 nitrogen and oxygen atoms in total. The van der Waals surface area contributed by atoms with Crippen molar-refractivity contribution in [3.63, 3.8) is 0 Å². The Morgan fingerprint density at radius 3 is 2.25 bits per heavy atom. The maximum atomic E-state index is 12.8. The second-order valence-electron chi connectivity index (χ2n) is 5.04. The van der Waals surface area contributed by atoms with Crippen molar-refractivity contribution in [1.29, 1.82) is 0 Å². The van der Waals surface area contributed by atoms with Gasteiger partial charge < -0.3 is 25.2 Å². The molecule has 24 heavy (non-hydrogen) atoms. The third-order valence-electron chi connectivity index (χ3n) is 2.81. The molecule has 1 amide bonds. The first-order chi connectivity index (χ1) is 11.4. The van der Waals surface area contributed by atoms with Crippen LogP contribution in [0.15, 0.2) is 30.3 Å². The molecule has 0 aliphatic heterocycles. The van der Waals surface area contributed by atoms with Gasteiger partial charge in [-0.3, -0.25) is 0 Å². The molecule has 2 atom stereocenters. The molecular weight excluding hydrogens is 322 g/mol. The van der Waals surface area contributed by atoms with Crippen LogP contribution in [0.4, 0.5) is 13.6 Å². The molecule has 0 heterocycles. The predicted molar refractivity (Wildman–Crippen MR) is 87.1 cm³/mol. The van der Waals surface area contributed by atoms with Gasteiger partial charge in [0.1, 0.15) is 19.0 Å². The number of amides is 1. The highest BCUT2D eigenvalue weighted by Crippen LogP contribution is 2.03. The molecule has 0 radical (unpaired) electrons. The summed E-state index contributed by atoms with van der Waals surface area (Å²) < 4.78 is 29.6. The molecule has 138 valence electrons. The van der Waals surface area contributed by atoms with E-state index in [1.54, 1.807) is 7.05 Å². The molecule has 0 aliphatic carbocycles. The molecule has 1 aromatic rings. The summed E-state index contributed by atoms with van der Waals surface area (Å²) in [6.07, 6.45) is -3.15. The number of nitrogens with zero attached hydrogens (tertiary/aromatic N) is 1.